The van der Waals surface area contributed by atoms with E-state index in [9.17, 15) is 9.59 Å². The van der Waals surface area contributed by atoms with Gasteiger partial charge in [0.2, 0.25) is 0 Å². The lowest BCUT2D eigenvalue weighted by molar-refractivity contribution is -0.140. The van der Waals surface area contributed by atoms with E-state index in [4.69, 9.17) is 0 Å². The molecule has 1 aromatic heterocycles. The van der Waals surface area contributed by atoms with E-state index >= 15 is 0 Å². The topological polar surface area (TPSA) is 54.7 Å². The summed E-state index contributed by atoms with van der Waals surface area (Å²) in [4.78, 5) is 25.8. The average molecular weight is 361 g/mol. The summed E-state index contributed by atoms with van der Waals surface area (Å²) in [5.74, 6) is -0.289. The normalized spacial score (nSPS) is 29.5. The molecular weight excluding hydrogens is 338 g/mol. The smallest absolute Gasteiger partial charge is 0.254 e. The van der Waals surface area contributed by atoms with Crippen molar-refractivity contribution in [2.75, 3.05) is 0 Å². The van der Waals surface area contributed by atoms with Gasteiger partial charge in [0.1, 0.15) is 0 Å². The fraction of sp³-hybridized carbons (Fsp3) is 0.409. The van der Waals surface area contributed by atoms with Crippen molar-refractivity contribution in [3.05, 3.63) is 47.7 Å². The summed E-state index contributed by atoms with van der Waals surface area (Å²) in [6.45, 7) is 5.03. The molecule has 2 fully saturated rings. The molecule has 2 amide bonds. The van der Waals surface area contributed by atoms with E-state index in [0.29, 0.717) is 0 Å². The van der Waals surface area contributed by atoms with Crippen molar-refractivity contribution in [2.24, 2.45) is 28.8 Å². The van der Waals surface area contributed by atoms with Crippen LogP contribution in [0.15, 0.2) is 41.5 Å². The Morgan fingerprint density at radius 1 is 1.07 bits per heavy atom. The number of rotatable bonds is 3. The molecule has 1 saturated carbocycles. The Balaban J connectivity index is 1.52. The molecule has 0 spiro atoms. The summed E-state index contributed by atoms with van der Waals surface area (Å²) in [7, 11) is 0. The molecule has 0 N–H and O–H groups in total. The first kappa shape index (κ1) is 16.5. The maximum absolute atomic E-state index is 12.9. The first-order valence-corrected chi connectivity index (χ1v) is 9.79. The second kappa shape index (κ2) is 5.91. The lowest BCUT2D eigenvalue weighted by atomic mass is 9.63. The van der Waals surface area contributed by atoms with Crippen LogP contribution in [0.4, 0.5) is 0 Å². The third-order valence-corrected chi connectivity index (χ3v) is 6.63. The SMILES string of the molecule is CCn1c(C)c(/C=N/N2C(=O)C3C4C=CC(CC4)C3C2=O)c2ccccc21. The van der Waals surface area contributed by atoms with Gasteiger partial charge in [-0.1, -0.05) is 30.4 Å². The number of hydrogen-bond acceptors (Lipinski definition) is 3. The number of fused-ring (bicyclic) bond motifs is 2. The average Bonchev–Trinajstić information content (AvgIpc) is 3.13. The van der Waals surface area contributed by atoms with Crippen LogP contribution in [0.1, 0.15) is 31.0 Å². The van der Waals surface area contributed by atoms with Gasteiger partial charge in [0, 0.05) is 28.7 Å². The maximum Gasteiger partial charge on any atom is 0.254 e. The van der Waals surface area contributed by atoms with Crippen molar-refractivity contribution in [1.29, 1.82) is 0 Å². The maximum atomic E-state index is 12.9. The number of allylic oxidation sites excluding steroid dienone is 2. The van der Waals surface area contributed by atoms with Gasteiger partial charge in [0.05, 0.1) is 18.1 Å². The summed E-state index contributed by atoms with van der Waals surface area (Å²) in [6, 6.07) is 8.18. The standard InChI is InChI=1S/C22H23N3O2/c1-3-24-13(2)17(16-6-4-5-7-18(16)24)12-23-25-21(26)19-14-8-9-15(11-10-14)20(19)22(25)27/h4-9,12,14-15,19-20H,3,10-11H2,1-2H3/b23-12+. The van der Waals surface area contributed by atoms with E-state index in [-0.39, 0.29) is 35.5 Å². The molecule has 4 aliphatic rings. The van der Waals surface area contributed by atoms with E-state index in [1.54, 1.807) is 6.21 Å². The van der Waals surface area contributed by atoms with Crippen LogP contribution in [0.5, 0.6) is 0 Å². The molecule has 1 aliphatic heterocycles. The summed E-state index contributed by atoms with van der Waals surface area (Å²) >= 11 is 0. The Bertz CT molecular complexity index is 984. The van der Waals surface area contributed by atoms with Gasteiger partial charge in [0.25, 0.3) is 11.8 Å². The quantitative estimate of drug-likeness (QED) is 0.477. The Hall–Kier alpha value is -2.69. The molecule has 3 aliphatic carbocycles. The molecule has 5 nitrogen and oxygen atoms in total. The zero-order valence-electron chi connectivity index (χ0n) is 15.6. The monoisotopic (exact) mass is 361 g/mol. The number of hydrazone groups is 1. The van der Waals surface area contributed by atoms with Crippen LogP contribution < -0.4 is 0 Å². The molecule has 1 saturated heterocycles. The number of aromatic nitrogens is 1. The molecule has 4 unspecified atom stereocenters. The second-order valence-electron chi connectivity index (χ2n) is 7.83. The van der Waals surface area contributed by atoms with Crippen LogP contribution in [0.25, 0.3) is 10.9 Å². The molecule has 1 aromatic carbocycles. The predicted octanol–water partition coefficient (Wildman–Crippen LogP) is 3.50. The number of amides is 2. The first-order valence-electron chi connectivity index (χ1n) is 9.79. The summed E-state index contributed by atoms with van der Waals surface area (Å²) in [5.41, 5.74) is 3.22. The van der Waals surface area contributed by atoms with Crippen LogP contribution in [0.2, 0.25) is 0 Å². The predicted molar refractivity (Wildman–Crippen MR) is 104 cm³/mol. The molecule has 2 heterocycles. The van der Waals surface area contributed by atoms with Gasteiger partial charge in [0.15, 0.2) is 0 Å². The molecule has 5 heteroatoms. The van der Waals surface area contributed by atoms with Crippen LogP contribution in [-0.4, -0.2) is 27.6 Å². The van der Waals surface area contributed by atoms with E-state index in [2.05, 4.69) is 47.8 Å². The number of carbonyl (C=O) groups is 2. The Labute approximate surface area is 158 Å². The Morgan fingerprint density at radius 3 is 2.30 bits per heavy atom. The van der Waals surface area contributed by atoms with E-state index in [1.165, 1.54) is 0 Å². The minimum Gasteiger partial charge on any atom is -0.344 e. The number of aryl methyl sites for hydroxylation is 1. The van der Waals surface area contributed by atoms with Crippen LogP contribution in [-0.2, 0) is 16.1 Å². The molecule has 2 aromatic rings. The minimum atomic E-state index is -0.212. The van der Waals surface area contributed by atoms with E-state index in [0.717, 1.165) is 46.6 Å². The van der Waals surface area contributed by atoms with Gasteiger partial charge < -0.3 is 4.57 Å². The molecule has 4 atom stereocenters. The molecule has 27 heavy (non-hydrogen) atoms. The number of nitrogens with zero attached hydrogens (tertiary/aromatic N) is 3. The summed E-state index contributed by atoms with van der Waals surface area (Å²) in [5, 5.41) is 6.64. The minimum absolute atomic E-state index is 0.128. The van der Waals surface area contributed by atoms with Gasteiger partial charge in [-0.15, -0.1) is 0 Å². The van der Waals surface area contributed by atoms with Gasteiger partial charge in [-0.3, -0.25) is 9.59 Å². The van der Waals surface area contributed by atoms with Crippen molar-refractivity contribution in [1.82, 2.24) is 9.58 Å². The highest BCUT2D eigenvalue weighted by Crippen LogP contribution is 2.49. The molecule has 138 valence electrons. The fourth-order valence-electron chi connectivity index (χ4n) is 5.32. The summed E-state index contributed by atoms with van der Waals surface area (Å²) in [6.07, 6.45) is 7.97. The third kappa shape index (κ3) is 2.20. The van der Waals surface area contributed by atoms with Crippen LogP contribution in [0.3, 0.4) is 0 Å². The fourth-order valence-corrected chi connectivity index (χ4v) is 5.32. The highest BCUT2D eigenvalue weighted by Gasteiger charge is 2.56. The van der Waals surface area contributed by atoms with Crippen molar-refractivity contribution in [3.8, 4) is 0 Å². The number of para-hydroxylation sites is 1. The molecule has 2 bridgehead atoms. The number of hydrogen-bond donors (Lipinski definition) is 0. The Morgan fingerprint density at radius 2 is 1.70 bits per heavy atom. The van der Waals surface area contributed by atoms with Crippen LogP contribution in [0, 0.1) is 30.6 Å². The van der Waals surface area contributed by atoms with Crippen molar-refractivity contribution in [3.63, 3.8) is 0 Å². The van der Waals surface area contributed by atoms with E-state index < -0.39 is 0 Å². The molecular formula is C22H23N3O2. The lowest BCUT2D eigenvalue weighted by Crippen LogP contribution is -2.38. The third-order valence-electron chi connectivity index (χ3n) is 6.63. The number of benzene rings is 1. The van der Waals surface area contributed by atoms with Gasteiger partial charge in [-0.2, -0.15) is 10.1 Å². The van der Waals surface area contributed by atoms with Gasteiger partial charge in [-0.25, -0.2) is 0 Å². The Kier molecular flexibility index (Phi) is 3.61. The number of carbonyl (C=O) groups excluding carboxylic acids is 2. The molecule has 0 radical (unpaired) electrons. The zero-order chi connectivity index (χ0) is 18.7. The lowest BCUT2D eigenvalue weighted by Gasteiger charge is -2.37. The highest BCUT2D eigenvalue weighted by atomic mass is 16.2. The van der Waals surface area contributed by atoms with Crippen LogP contribution >= 0.6 is 0 Å². The first-order chi connectivity index (χ1) is 13.1. The van der Waals surface area contributed by atoms with Crippen molar-refractivity contribution >= 4 is 28.9 Å². The van der Waals surface area contributed by atoms with E-state index in [1.807, 2.05) is 12.1 Å². The zero-order valence-corrected chi connectivity index (χ0v) is 15.6. The van der Waals surface area contributed by atoms with Crippen molar-refractivity contribution < 1.29 is 9.59 Å². The van der Waals surface area contributed by atoms with Gasteiger partial charge in [-0.05, 0) is 44.6 Å². The highest BCUT2D eigenvalue weighted by molar-refractivity contribution is 6.07. The second-order valence-corrected chi connectivity index (χ2v) is 7.83. The summed E-state index contributed by atoms with van der Waals surface area (Å²) < 4.78 is 2.23. The van der Waals surface area contributed by atoms with Gasteiger partial charge >= 0.3 is 0 Å². The largest absolute Gasteiger partial charge is 0.344 e. The molecule has 6 rings (SSSR count). The van der Waals surface area contributed by atoms with Crippen molar-refractivity contribution in [2.45, 2.75) is 33.2 Å². The number of imide groups is 1.